The minimum atomic E-state index is -4.64. The zero-order valence-corrected chi connectivity index (χ0v) is 11.5. The fraction of sp³-hybridized carbons (Fsp3) is 0.667. The number of carbonyl (C=O) groups is 2. The maximum Gasteiger partial charge on any atom is 0.406 e. The summed E-state index contributed by atoms with van der Waals surface area (Å²) in [6.45, 7) is -1.77. The molecule has 1 N–H and O–H groups in total. The number of nitrogens with zero attached hydrogens (tertiary/aromatic N) is 2. The van der Waals surface area contributed by atoms with Crippen LogP contribution in [0.2, 0.25) is 0 Å². The largest absolute Gasteiger partial charge is 0.480 e. The Kier molecular flexibility index (Phi) is 6.01. The molecule has 0 aromatic rings. The summed E-state index contributed by atoms with van der Waals surface area (Å²) >= 11 is 0. The monoisotopic (exact) mass is 310 g/mol. The summed E-state index contributed by atoms with van der Waals surface area (Å²) in [7, 11) is 1.52. The third kappa shape index (κ3) is 6.03. The lowest BCUT2D eigenvalue weighted by Crippen LogP contribution is -2.50. The third-order valence-electron chi connectivity index (χ3n) is 2.87. The van der Waals surface area contributed by atoms with Crippen molar-refractivity contribution in [1.82, 2.24) is 9.80 Å². The molecule has 0 saturated carbocycles. The first-order chi connectivity index (χ1) is 9.73. The van der Waals surface area contributed by atoms with Crippen molar-refractivity contribution in [2.24, 2.45) is 0 Å². The van der Waals surface area contributed by atoms with E-state index in [1.54, 1.807) is 6.08 Å². The smallest absolute Gasteiger partial charge is 0.406 e. The van der Waals surface area contributed by atoms with E-state index in [-0.39, 0.29) is 18.0 Å². The highest BCUT2D eigenvalue weighted by Crippen LogP contribution is 2.19. The van der Waals surface area contributed by atoms with E-state index in [0.29, 0.717) is 13.0 Å². The highest BCUT2D eigenvalue weighted by atomic mass is 19.4. The maximum atomic E-state index is 12.4. The molecule has 0 fully saturated rings. The summed E-state index contributed by atoms with van der Waals surface area (Å²) in [6, 6.07) is -0.928. The Morgan fingerprint density at radius 3 is 2.57 bits per heavy atom. The van der Waals surface area contributed by atoms with Gasteiger partial charge in [-0.15, -0.1) is 0 Å². The molecule has 6 nitrogen and oxygen atoms in total. The zero-order chi connectivity index (χ0) is 16.0. The van der Waals surface area contributed by atoms with Gasteiger partial charge in [-0.3, -0.25) is 4.79 Å². The fourth-order valence-corrected chi connectivity index (χ4v) is 1.97. The van der Waals surface area contributed by atoms with Crippen LogP contribution in [-0.2, 0) is 9.53 Å². The van der Waals surface area contributed by atoms with Crippen LogP contribution in [0, 0.1) is 0 Å². The molecular weight excluding hydrogens is 293 g/mol. The van der Waals surface area contributed by atoms with E-state index in [4.69, 9.17) is 9.84 Å². The molecule has 1 rings (SSSR count). The lowest BCUT2D eigenvalue weighted by atomic mass is 10.1. The van der Waals surface area contributed by atoms with Crippen molar-refractivity contribution in [2.45, 2.75) is 12.6 Å². The second-order valence-corrected chi connectivity index (χ2v) is 4.64. The van der Waals surface area contributed by atoms with E-state index in [0.717, 1.165) is 5.57 Å². The molecule has 0 saturated heterocycles. The number of halogens is 3. The molecule has 0 bridgehead atoms. The molecule has 0 unspecified atom stereocenters. The molecule has 1 aliphatic heterocycles. The topological polar surface area (TPSA) is 70.1 Å². The summed E-state index contributed by atoms with van der Waals surface area (Å²) in [5, 5.41) is 8.63. The van der Waals surface area contributed by atoms with Crippen molar-refractivity contribution in [1.29, 1.82) is 0 Å². The van der Waals surface area contributed by atoms with E-state index in [1.807, 2.05) is 0 Å². The summed E-state index contributed by atoms with van der Waals surface area (Å²) in [5.74, 6) is -1.49. The summed E-state index contributed by atoms with van der Waals surface area (Å²) in [5.41, 5.74) is 0.960. The molecule has 0 radical (unpaired) electrons. The molecule has 120 valence electrons. The van der Waals surface area contributed by atoms with Gasteiger partial charge in [0.25, 0.3) is 0 Å². The Hall–Kier alpha value is -1.77. The number of alkyl halides is 3. The predicted molar refractivity (Wildman–Crippen MR) is 66.8 cm³/mol. The van der Waals surface area contributed by atoms with Gasteiger partial charge in [-0.25, -0.2) is 4.79 Å². The van der Waals surface area contributed by atoms with Gasteiger partial charge in [-0.1, -0.05) is 6.08 Å². The van der Waals surface area contributed by atoms with Gasteiger partial charge >= 0.3 is 18.2 Å². The van der Waals surface area contributed by atoms with Crippen molar-refractivity contribution in [3.05, 3.63) is 11.6 Å². The van der Waals surface area contributed by atoms with E-state index < -0.39 is 31.3 Å². The lowest BCUT2D eigenvalue weighted by Gasteiger charge is -2.32. The fourth-order valence-electron chi connectivity index (χ4n) is 1.97. The van der Waals surface area contributed by atoms with Gasteiger partial charge in [0.1, 0.15) is 13.1 Å². The highest BCUT2D eigenvalue weighted by Gasteiger charge is 2.35. The molecule has 21 heavy (non-hydrogen) atoms. The number of carboxylic acids is 1. The van der Waals surface area contributed by atoms with Crippen LogP contribution in [0.1, 0.15) is 6.42 Å². The Morgan fingerprint density at radius 1 is 1.48 bits per heavy atom. The summed E-state index contributed by atoms with van der Waals surface area (Å²) < 4.78 is 42.2. The standard InChI is InChI=1S/C12H17F3N2O4/c1-21-7-9-2-4-16(5-3-9)11(20)17(6-10(18)19)8-12(13,14)15/h2H,3-8H2,1H3,(H,18,19). The van der Waals surface area contributed by atoms with Crippen LogP contribution >= 0.6 is 0 Å². The van der Waals surface area contributed by atoms with Crippen LogP contribution in [0.25, 0.3) is 0 Å². The van der Waals surface area contributed by atoms with Gasteiger partial charge < -0.3 is 19.6 Å². The van der Waals surface area contributed by atoms with Crippen LogP contribution in [0.4, 0.5) is 18.0 Å². The maximum absolute atomic E-state index is 12.4. The molecule has 0 aliphatic carbocycles. The average Bonchev–Trinajstić information content (AvgIpc) is 2.36. The second-order valence-electron chi connectivity index (χ2n) is 4.64. The van der Waals surface area contributed by atoms with Gasteiger partial charge in [0.2, 0.25) is 0 Å². The normalized spacial score (nSPS) is 15.6. The highest BCUT2D eigenvalue weighted by molar-refractivity contribution is 5.80. The molecule has 0 atom stereocenters. The second kappa shape index (κ2) is 7.30. The number of ether oxygens (including phenoxy) is 1. The van der Waals surface area contributed by atoms with E-state index in [1.165, 1.54) is 12.0 Å². The van der Waals surface area contributed by atoms with Gasteiger partial charge in [-0.05, 0) is 12.0 Å². The van der Waals surface area contributed by atoms with Gasteiger partial charge in [0.15, 0.2) is 0 Å². The summed E-state index contributed by atoms with van der Waals surface area (Å²) in [6.07, 6.45) is -2.44. The van der Waals surface area contributed by atoms with Gasteiger partial charge in [0, 0.05) is 20.2 Å². The minimum absolute atomic E-state index is 0.144. The van der Waals surface area contributed by atoms with Crippen LogP contribution in [0.15, 0.2) is 11.6 Å². The van der Waals surface area contributed by atoms with Crippen LogP contribution in [0.5, 0.6) is 0 Å². The van der Waals surface area contributed by atoms with Crippen molar-refractivity contribution < 1.29 is 32.6 Å². The number of amides is 2. The molecule has 1 heterocycles. The number of urea groups is 1. The van der Waals surface area contributed by atoms with E-state index in [9.17, 15) is 22.8 Å². The Balaban J connectivity index is 2.70. The lowest BCUT2D eigenvalue weighted by molar-refractivity contribution is -0.149. The van der Waals surface area contributed by atoms with Crippen molar-refractivity contribution >= 4 is 12.0 Å². The van der Waals surface area contributed by atoms with Crippen LogP contribution in [-0.4, -0.2) is 73.0 Å². The van der Waals surface area contributed by atoms with Crippen LogP contribution in [0.3, 0.4) is 0 Å². The van der Waals surface area contributed by atoms with Crippen LogP contribution < -0.4 is 0 Å². The molecule has 1 aliphatic rings. The van der Waals surface area contributed by atoms with Gasteiger partial charge in [0.05, 0.1) is 6.61 Å². The number of rotatable bonds is 5. The number of hydrogen-bond acceptors (Lipinski definition) is 3. The van der Waals surface area contributed by atoms with Gasteiger partial charge in [-0.2, -0.15) is 13.2 Å². The number of aliphatic carboxylic acids is 1. The molecule has 9 heteroatoms. The third-order valence-corrected chi connectivity index (χ3v) is 2.87. The van der Waals surface area contributed by atoms with E-state index >= 15 is 0 Å². The first-order valence-corrected chi connectivity index (χ1v) is 6.22. The Bertz CT molecular complexity index is 423. The average molecular weight is 310 g/mol. The number of hydrogen-bond donors (Lipinski definition) is 1. The Morgan fingerprint density at radius 2 is 2.14 bits per heavy atom. The number of carboxylic acid groups (broad SMARTS) is 1. The number of methoxy groups -OCH3 is 1. The molecule has 2 amide bonds. The number of carbonyl (C=O) groups excluding carboxylic acids is 1. The van der Waals surface area contributed by atoms with Crippen molar-refractivity contribution in [3.63, 3.8) is 0 Å². The molecular formula is C12H17F3N2O4. The summed E-state index contributed by atoms with van der Waals surface area (Å²) in [4.78, 5) is 24.1. The molecule has 0 spiro atoms. The quantitative estimate of drug-likeness (QED) is 0.778. The molecule has 0 aromatic carbocycles. The predicted octanol–water partition coefficient (Wildman–Crippen LogP) is 1.33. The SMILES string of the molecule is COCC1=CCN(C(=O)N(CC(=O)O)CC(F)(F)F)CC1. The van der Waals surface area contributed by atoms with E-state index in [2.05, 4.69) is 0 Å². The van der Waals surface area contributed by atoms with Crippen molar-refractivity contribution in [3.8, 4) is 0 Å². The Labute approximate surface area is 119 Å². The molecule has 0 aromatic heterocycles. The first kappa shape index (κ1) is 17.3. The van der Waals surface area contributed by atoms with Crippen molar-refractivity contribution in [2.75, 3.05) is 39.9 Å². The zero-order valence-electron chi connectivity index (χ0n) is 11.5. The first-order valence-electron chi connectivity index (χ1n) is 6.22. The minimum Gasteiger partial charge on any atom is -0.480 e.